The smallest absolute Gasteiger partial charge is 0.264 e. The van der Waals surface area contributed by atoms with Gasteiger partial charge in [-0.1, -0.05) is 24.3 Å². The van der Waals surface area contributed by atoms with Crippen LogP contribution in [0, 0.1) is 11.6 Å². The molecule has 3 aromatic carbocycles. The Balaban J connectivity index is 1.93. The SMILES string of the molecule is COc1ccccc1N(CC(=O)NC(C)c1ccc(F)cc1)S(=O)(=O)c1ccc(F)cc1. The van der Waals surface area contributed by atoms with Crippen molar-refractivity contribution in [3.8, 4) is 5.75 Å². The number of para-hydroxylation sites is 2. The summed E-state index contributed by atoms with van der Waals surface area (Å²) in [6, 6.07) is 15.8. The summed E-state index contributed by atoms with van der Waals surface area (Å²) in [5.74, 6) is -1.32. The minimum absolute atomic E-state index is 0.156. The number of benzene rings is 3. The number of anilines is 1. The summed E-state index contributed by atoms with van der Waals surface area (Å²) < 4.78 is 59.4. The monoisotopic (exact) mass is 460 g/mol. The topological polar surface area (TPSA) is 75.7 Å². The average Bonchev–Trinajstić information content (AvgIpc) is 2.78. The van der Waals surface area contributed by atoms with Crippen LogP contribution in [0.3, 0.4) is 0 Å². The highest BCUT2D eigenvalue weighted by Gasteiger charge is 2.29. The van der Waals surface area contributed by atoms with Crippen molar-refractivity contribution >= 4 is 21.6 Å². The summed E-state index contributed by atoms with van der Waals surface area (Å²) in [7, 11) is -2.84. The van der Waals surface area contributed by atoms with E-state index in [1.54, 1.807) is 25.1 Å². The molecule has 3 aromatic rings. The zero-order chi connectivity index (χ0) is 23.3. The standard InChI is InChI=1S/C23H22F2N2O4S/c1-16(17-7-9-18(24)10-8-17)26-23(28)15-27(21-5-3-4-6-22(21)31-2)32(29,30)20-13-11-19(25)12-14-20/h3-14,16H,15H2,1-2H3,(H,26,28). The lowest BCUT2D eigenvalue weighted by atomic mass is 10.1. The molecule has 0 bridgehead atoms. The molecule has 6 nitrogen and oxygen atoms in total. The van der Waals surface area contributed by atoms with E-state index < -0.39 is 40.2 Å². The van der Waals surface area contributed by atoms with Crippen molar-refractivity contribution in [2.75, 3.05) is 18.0 Å². The lowest BCUT2D eigenvalue weighted by Gasteiger charge is -2.26. The van der Waals surface area contributed by atoms with E-state index in [4.69, 9.17) is 4.74 Å². The molecular formula is C23H22F2N2O4S. The number of nitrogens with zero attached hydrogens (tertiary/aromatic N) is 1. The van der Waals surface area contributed by atoms with Gasteiger partial charge in [-0.2, -0.15) is 0 Å². The molecule has 0 saturated heterocycles. The van der Waals surface area contributed by atoms with E-state index in [-0.39, 0.29) is 16.3 Å². The molecule has 0 spiro atoms. The number of hydrogen-bond acceptors (Lipinski definition) is 4. The van der Waals surface area contributed by atoms with Gasteiger partial charge in [-0.15, -0.1) is 0 Å². The van der Waals surface area contributed by atoms with Gasteiger partial charge in [0.2, 0.25) is 5.91 Å². The minimum atomic E-state index is -4.23. The average molecular weight is 461 g/mol. The van der Waals surface area contributed by atoms with Crippen LogP contribution in [0.5, 0.6) is 5.75 Å². The van der Waals surface area contributed by atoms with Gasteiger partial charge in [0, 0.05) is 0 Å². The molecule has 0 aliphatic carbocycles. The molecule has 1 unspecified atom stereocenters. The van der Waals surface area contributed by atoms with Crippen molar-refractivity contribution in [1.82, 2.24) is 5.32 Å². The minimum Gasteiger partial charge on any atom is -0.495 e. The first-order valence-electron chi connectivity index (χ1n) is 9.68. The first-order chi connectivity index (χ1) is 15.2. The highest BCUT2D eigenvalue weighted by Crippen LogP contribution is 2.32. The fraction of sp³-hybridized carbons (Fsp3) is 0.174. The predicted octanol–water partition coefficient (Wildman–Crippen LogP) is 4.05. The number of nitrogens with one attached hydrogen (secondary N) is 1. The third-order valence-electron chi connectivity index (χ3n) is 4.79. The highest BCUT2D eigenvalue weighted by molar-refractivity contribution is 7.92. The number of rotatable bonds is 8. The Hall–Kier alpha value is -3.46. The molecule has 0 aromatic heterocycles. The molecule has 168 valence electrons. The zero-order valence-electron chi connectivity index (χ0n) is 17.5. The van der Waals surface area contributed by atoms with Crippen LogP contribution < -0.4 is 14.4 Å². The van der Waals surface area contributed by atoms with Crippen LogP contribution in [-0.4, -0.2) is 28.0 Å². The maximum Gasteiger partial charge on any atom is 0.264 e. The number of methoxy groups -OCH3 is 1. The van der Waals surface area contributed by atoms with Crippen molar-refractivity contribution in [3.05, 3.63) is 90.0 Å². The Kier molecular flexibility index (Phi) is 7.09. The van der Waals surface area contributed by atoms with E-state index in [0.29, 0.717) is 5.56 Å². The molecule has 0 heterocycles. The van der Waals surface area contributed by atoms with E-state index in [1.807, 2.05) is 0 Å². The number of carbonyl (C=O) groups is 1. The summed E-state index contributed by atoms with van der Waals surface area (Å²) in [5.41, 5.74) is 0.814. The summed E-state index contributed by atoms with van der Waals surface area (Å²) in [5, 5.41) is 2.72. The molecule has 3 rings (SSSR count). The molecule has 0 aliphatic rings. The molecule has 1 N–H and O–H groups in total. The Morgan fingerprint density at radius 3 is 2.12 bits per heavy atom. The second-order valence-corrected chi connectivity index (χ2v) is 8.84. The fourth-order valence-corrected chi connectivity index (χ4v) is 4.55. The van der Waals surface area contributed by atoms with Crippen LogP contribution in [0.4, 0.5) is 14.5 Å². The third kappa shape index (κ3) is 5.23. The van der Waals surface area contributed by atoms with Gasteiger partial charge >= 0.3 is 0 Å². The Morgan fingerprint density at radius 2 is 1.53 bits per heavy atom. The van der Waals surface area contributed by atoms with Gasteiger partial charge in [0.25, 0.3) is 10.0 Å². The quantitative estimate of drug-likeness (QED) is 0.550. The van der Waals surface area contributed by atoms with Crippen LogP contribution in [0.1, 0.15) is 18.5 Å². The molecule has 9 heteroatoms. The number of hydrogen-bond donors (Lipinski definition) is 1. The molecule has 32 heavy (non-hydrogen) atoms. The number of halogens is 2. The van der Waals surface area contributed by atoms with Crippen molar-refractivity contribution in [3.63, 3.8) is 0 Å². The van der Waals surface area contributed by atoms with Gasteiger partial charge in [0.05, 0.1) is 23.7 Å². The molecular weight excluding hydrogens is 438 g/mol. The third-order valence-corrected chi connectivity index (χ3v) is 6.56. The first-order valence-corrected chi connectivity index (χ1v) is 11.1. The van der Waals surface area contributed by atoms with Gasteiger partial charge in [0.1, 0.15) is 23.9 Å². The molecule has 1 atom stereocenters. The highest BCUT2D eigenvalue weighted by atomic mass is 32.2. The number of sulfonamides is 1. The van der Waals surface area contributed by atoms with E-state index in [2.05, 4.69) is 5.32 Å². The Bertz CT molecular complexity index is 1180. The number of amides is 1. The second kappa shape index (κ2) is 9.78. The van der Waals surface area contributed by atoms with Crippen molar-refractivity contribution in [2.24, 2.45) is 0 Å². The largest absolute Gasteiger partial charge is 0.495 e. The van der Waals surface area contributed by atoms with Crippen LogP contribution >= 0.6 is 0 Å². The van der Waals surface area contributed by atoms with E-state index in [0.717, 1.165) is 28.6 Å². The first kappa shape index (κ1) is 23.2. The lowest BCUT2D eigenvalue weighted by molar-refractivity contribution is -0.120. The maximum atomic E-state index is 13.4. The van der Waals surface area contributed by atoms with Crippen LogP contribution in [0.2, 0.25) is 0 Å². The van der Waals surface area contributed by atoms with Crippen molar-refractivity contribution < 1.29 is 26.7 Å². The van der Waals surface area contributed by atoms with Gasteiger partial charge in [0.15, 0.2) is 0 Å². The maximum absolute atomic E-state index is 13.4. The summed E-state index contributed by atoms with van der Waals surface area (Å²) in [4.78, 5) is 12.6. The van der Waals surface area contributed by atoms with Gasteiger partial charge in [-0.3, -0.25) is 9.10 Å². The van der Waals surface area contributed by atoms with Gasteiger partial charge in [-0.05, 0) is 61.0 Å². The van der Waals surface area contributed by atoms with Crippen LogP contribution in [0.15, 0.2) is 77.7 Å². The van der Waals surface area contributed by atoms with E-state index in [9.17, 15) is 22.0 Å². The molecule has 1 amide bonds. The van der Waals surface area contributed by atoms with E-state index in [1.165, 1.54) is 37.4 Å². The summed E-state index contributed by atoms with van der Waals surface area (Å²) in [6.45, 7) is 1.15. The van der Waals surface area contributed by atoms with Crippen LogP contribution in [-0.2, 0) is 14.8 Å². The normalized spacial score (nSPS) is 12.1. The number of ether oxygens (including phenoxy) is 1. The Labute approximate surface area is 185 Å². The lowest BCUT2D eigenvalue weighted by Crippen LogP contribution is -2.41. The van der Waals surface area contributed by atoms with Crippen molar-refractivity contribution in [2.45, 2.75) is 17.9 Å². The Morgan fingerprint density at radius 1 is 0.969 bits per heavy atom. The van der Waals surface area contributed by atoms with E-state index >= 15 is 0 Å². The fourth-order valence-electron chi connectivity index (χ4n) is 3.12. The summed E-state index contributed by atoms with van der Waals surface area (Å²) >= 11 is 0. The predicted molar refractivity (Wildman–Crippen MR) is 117 cm³/mol. The molecule has 0 radical (unpaired) electrons. The second-order valence-electron chi connectivity index (χ2n) is 6.98. The van der Waals surface area contributed by atoms with Crippen LogP contribution in [0.25, 0.3) is 0 Å². The molecule has 0 saturated carbocycles. The van der Waals surface area contributed by atoms with Crippen molar-refractivity contribution in [1.29, 1.82) is 0 Å². The molecule has 0 aliphatic heterocycles. The number of carbonyl (C=O) groups excluding carboxylic acids is 1. The summed E-state index contributed by atoms with van der Waals surface area (Å²) in [6.07, 6.45) is 0. The van der Waals surface area contributed by atoms with Gasteiger partial charge in [-0.25, -0.2) is 17.2 Å². The molecule has 0 fully saturated rings. The zero-order valence-corrected chi connectivity index (χ0v) is 18.3. The van der Waals surface area contributed by atoms with Gasteiger partial charge < -0.3 is 10.1 Å².